The van der Waals surface area contributed by atoms with E-state index in [-0.39, 0.29) is 36.3 Å². The predicted molar refractivity (Wildman–Crippen MR) is 136 cm³/mol. The number of fused-ring (bicyclic) bond motifs is 1. The van der Waals surface area contributed by atoms with Crippen LogP contribution in [0.1, 0.15) is 32.7 Å². The van der Waals surface area contributed by atoms with Crippen LogP contribution in [0.3, 0.4) is 0 Å². The van der Waals surface area contributed by atoms with Crippen molar-refractivity contribution in [3.8, 4) is 5.75 Å². The Morgan fingerprint density at radius 1 is 0.865 bits per heavy atom. The Bertz CT molecular complexity index is 1310. The first-order chi connectivity index (χ1) is 17.9. The average Bonchev–Trinajstić information content (AvgIpc) is 3.51. The largest absolute Gasteiger partial charge is 0.508 e. The van der Waals surface area contributed by atoms with E-state index in [1.807, 2.05) is 6.07 Å². The van der Waals surface area contributed by atoms with Gasteiger partial charge in [0.05, 0.1) is 12.6 Å². The van der Waals surface area contributed by atoms with Gasteiger partial charge in [0.2, 0.25) is 5.91 Å². The van der Waals surface area contributed by atoms with E-state index in [1.165, 1.54) is 17.0 Å². The maximum atomic E-state index is 13.8. The molecule has 0 aliphatic carbocycles. The Balaban J connectivity index is 1.38. The summed E-state index contributed by atoms with van der Waals surface area (Å²) in [5, 5.41) is 12.5. The molecule has 3 amide bonds. The summed E-state index contributed by atoms with van der Waals surface area (Å²) in [6.45, 7) is 0.262. The Hall–Kier alpha value is -4.46. The second kappa shape index (κ2) is 10.3. The van der Waals surface area contributed by atoms with E-state index in [0.717, 1.165) is 5.56 Å². The maximum Gasteiger partial charge on any atom is 0.254 e. The number of carbonyl (C=O) groups is 4. The van der Waals surface area contributed by atoms with Crippen LogP contribution in [-0.4, -0.2) is 69.6 Å². The molecule has 3 atom stereocenters. The summed E-state index contributed by atoms with van der Waals surface area (Å²) in [7, 11) is 0. The lowest BCUT2D eigenvalue weighted by molar-refractivity contribution is -0.138. The third-order valence-corrected chi connectivity index (χ3v) is 7.00. The summed E-state index contributed by atoms with van der Waals surface area (Å²) in [6.07, 6.45) is 0.672. The van der Waals surface area contributed by atoms with Crippen molar-refractivity contribution >= 4 is 23.5 Å². The highest BCUT2D eigenvalue weighted by molar-refractivity contribution is 6.03. The second-order valence-electron chi connectivity index (χ2n) is 9.36. The molecule has 0 radical (unpaired) electrons. The predicted octanol–water partition coefficient (Wildman–Crippen LogP) is 2.43. The van der Waals surface area contributed by atoms with Gasteiger partial charge in [-0.25, -0.2) is 0 Å². The van der Waals surface area contributed by atoms with Gasteiger partial charge >= 0.3 is 0 Å². The van der Waals surface area contributed by atoms with E-state index in [0.29, 0.717) is 24.1 Å². The van der Waals surface area contributed by atoms with Crippen LogP contribution in [0.5, 0.6) is 5.75 Å². The standard InChI is InChI=1S/C29H27N3O5/c33-22-13-11-19(12-14-22)17-23(30-27(35)20-7-3-1-4-8-20)29(37)31-16-15-24-26(31)25(34)18-32(24)28(36)21-9-5-2-6-10-21/h1-14,23-24,26,33H,15-18H2,(H,30,35)/t23-,24?,26?/m0/s1. The lowest BCUT2D eigenvalue weighted by Crippen LogP contribution is -2.53. The molecule has 3 aromatic carbocycles. The molecule has 8 heteroatoms. The van der Waals surface area contributed by atoms with Crippen LogP contribution in [0.2, 0.25) is 0 Å². The molecule has 2 saturated heterocycles. The van der Waals surface area contributed by atoms with E-state index in [2.05, 4.69) is 5.32 Å². The van der Waals surface area contributed by atoms with E-state index in [1.54, 1.807) is 71.6 Å². The minimum Gasteiger partial charge on any atom is -0.508 e. The number of ketones is 1. The zero-order valence-electron chi connectivity index (χ0n) is 20.1. The third-order valence-electron chi connectivity index (χ3n) is 7.00. The summed E-state index contributed by atoms with van der Waals surface area (Å²) in [4.78, 5) is 56.1. The lowest BCUT2D eigenvalue weighted by atomic mass is 10.0. The van der Waals surface area contributed by atoms with Crippen molar-refractivity contribution in [1.82, 2.24) is 15.1 Å². The second-order valence-corrected chi connectivity index (χ2v) is 9.36. The van der Waals surface area contributed by atoms with Crippen LogP contribution in [0.15, 0.2) is 84.9 Å². The SMILES string of the molecule is O=C(N[C@@H](Cc1ccc(O)cc1)C(=O)N1CCC2C1C(=O)CN2C(=O)c1ccccc1)c1ccccc1. The number of hydrogen-bond donors (Lipinski definition) is 2. The van der Waals surface area contributed by atoms with Gasteiger partial charge in [0, 0.05) is 24.1 Å². The molecule has 2 heterocycles. The molecule has 188 valence electrons. The first-order valence-electron chi connectivity index (χ1n) is 12.3. The van der Waals surface area contributed by atoms with Crippen LogP contribution in [0.4, 0.5) is 0 Å². The number of benzene rings is 3. The maximum absolute atomic E-state index is 13.8. The van der Waals surface area contributed by atoms with Crippen LogP contribution in [-0.2, 0) is 16.0 Å². The fourth-order valence-corrected chi connectivity index (χ4v) is 5.18. The number of likely N-dealkylation sites (tertiary alicyclic amines) is 2. The number of aromatic hydroxyl groups is 1. The molecule has 5 rings (SSSR count). The number of nitrogens with zero attached hydrogens (tertiary/aromatic N) is 2. The van der Waals surface area contributed by atoms with Gasteiger partial charge in [-0.1, -0.05) is 48.5 Å². The quantitative estimate of drug-likeness (QED) is 0.544. The Morgan fingerprint density at radius 2 is 1.49 bits per heavy atom. The number of hydrogen-bond acceptors (Lipinski definition) is 5. The lowest BCUT2D eigenvalue weighted by Gasteiger charge is -2.28. The molecule has 2 unspecified atom stereocenters. The minimum atomic E-state index is -0.928. The Labute approximate surface area is 214 Å². The monoisotopic (exact) mass is 497 g/mol. The number of carbonyl (C=O) groups excluding carboxylic acids is 4. The third kappa shape index (κ3) is 4.95. The highest BCUT2D eigenvalue weighted by Gasteiger charge is 2.52. The number of nitrogens with one attached hydrogen (secondary N) is 1. The van der Waals surface area contributed by atoms with Gasteiger partial charge in [-0.3, -0.25) is 19.2 Å². The number of phenolic OH excluding ortho intramolecular Hbond substituents is 1. The summed E-state index contributed by atoms with van der Waals surface area (Å²) in [5.41, 5.74) is 1.67. The smallest absolute Gasteiger partial charge is 0.254 e. The van der Waals surface area contributed by atoms with Gasteiger partial charge in [-0.05, 0) is 48.4 Å². The van der Waals surface area contributed by atoms with Gasteiger partial charge in [-0.2, -0.15) is 0 Å². The highest BCUT2D eigenvalue weighted by atomic mass is 16.3. The van der Waals surface area contributed by atoms with Crippen molar-refractivity contribution in [2.45, 2.75) is 31.0 Å². The molecule has 0 spiro atoms. The Morgan fingerprint density at radius 3 is 2.14 bits per heavy atom. The molecule has 2 N–H and O–H groups in total. The zero-order chi connectivity index (χ0) is 25.9. The average molecular weight is 498 g/mol. The summed E-state index contributed by atoms with van der Waals surface area (Å²) >= 11 is 0. The van der Waals surface area contributed by atoms with E-state index in [4.69, 9.17) is 0 Å². The fourth-order valence-electron chi connectivity index (χ4n) is 5.18. The molecular weight excluding hydrogens is 470 g/mol. The molecule has 0 aromatic heterocycles. The number of rotatable bonds is 6. The zero-order valence-corrected chi connectivity index (χ0v) is 20.1. The van der Waals surface area contributed by atoms with Crippen molar-refractivity contribution < 1.29 is 24.3 Å². The van der Waals surface area contributed by atoms with Crippen LogP contribution >= 0.6 is 0 Å². The molecule has 2 fully saturated rings. The molecular formula is C29H27N3O5. The molecule has 37 heavy (non-hydrogen) atoms. The van der Waals surface area contributed by atoms with Crippen LogP contribution in [0.25, 0.3) is 0 Å². The van der Waals surface area contributed by atoms with Gasteiger partial charge in [0.25, 0.3) is 11.8 Å². The van der Waals surface area contributed by atoms with E-state index in [9.17, 15) is 24.3 Å². The topological polar surface area (TPSA) is 107 Å². The van der Waals surface area contributed by atoms with Gasteiger partial charge in [0.1, 0.15) is 17.8 Å². The van der Waals surface area contributed by atoms with E-state index >= 15 is 0 Å². The van der Waals surface area contributed by atoms with Gasteiger partial charge in [-0.15, -0.1) is 0 Å². The van der Waals surface area contributed by atoms with Gasteiger partial charge in [0.15, 0.2) is 5.78 Å². The molecule has 0 saturated carbocycles. The van der Waals surface area contributed by atoms with Crippen LogP contribution in [0, 0.1) is 0 Å². The van der Waals surface area contributed by atoms with E-state index < -0.39 is 24.0 Å². The molecule has 2 aliphatic rings. The van der Waals surface area contributed by atoms with Gasteiger partial charge < -0.3 is 20.2 Å². The number of phenols is 1. The molecule has 0 bridgehead atoms. The number of Topliss-reactive ketones (excluding diaryl/α,β-unsaturated/α-hetero) is 1. The minimum absolute atomic E-state index is 0.0498. The Kier molecular flexibility index (Phi) is 6.72. The molecule has 8 nitrogen and oxygen atoms in total. The van der Waals surface area contributed by atoms with Crippen molar-refractivity contribution in [3.05, 3.63) is 102 Å². The van der Waals surface area contributed by atoms with Crippen molar-refractivity contribution in [2.24, 2.45) is 0 Å². The van der Waals surface area contributed by atoms with Crippen LogP contribution < -0.4 is 5.32 Å². The number of amides is 3. The molecule has 2 aliphatic heterocycles. The summed E-state index contributed by atoms with van der Waals surface area (Å²) < 4.78 is 0. The first kappa shape index (κ1) is 24.2. The highest BCUT2D eigenvalue weighted by Crippen LogP contribution is 2.31. The fraction of sp³-hybridized carbons (Fsp3) is 0.241. The van der Waals surface area contributed by atoms with Crippen molar-refractivity contribution in [2.75, 3.05) is 13.1 Å². The summed E-state index contributed by atoms with van der Waals surface area (Å²) in [6, 6.07) is 21.8. The van der Waals surface area contributed by atoms with Crippen molar-refractivity contribution in [1.29, 1.82) is 0 Å². The van der Waals surface area contributed by atoms with Crippen molar-refractivity contribution in [3.63, 3.8) is 0 Å². The summed E-state index contributed by atoms with van der Waals surface area (Å²) in [5.74, 6) is -1.08. The normalized spacial score (nSPS) is 19.4. The first-order valence-corrected chi connectivity index (χ1v) is 12.3. The molecule has 3 aromatic rings.